The quantitative estimate of drug-likeness (QED) is 0.657. The summed E-state index contributed by atoms with van der Waals surface area (Å²) in [6.45, 7) is 4.27. The second-order valence-electron chi connectivity index (χ2n) is 2.70. The molecule has 0 radical (unpaired) electrons. The van der Waals surface area contributed by atoms with Gasteiger partial charge in [-0.05, 0) is 19.9 Å². The van der Waals surface area contributed by atoms with Crippen molar-refractivity contribution in [2.75, 3.05) is 6.61 Å². The molecule has 1 aliphatic rings. The summed E-state index contributed by atoms with van der Waals surface area (Å²) in [5.74, 6) is 1.10. The largest absolute Gasteiger partial charge is 0.492 e. The first-order chi connectivity index (χ1) is 5.72. The number of hydrogen-bond donors (Lipinski definition) is 1. The van der Waals surface area contributed by atoms with Crippen LogP contribution in [0.3, 0.4) is 0 Å². The van der Waals surface area contributed by atoms with Gasteiger partial charge in [-0.2, -0.15) is 0 Å². The monoisotopic (exact) mass is 168 g/mol. The van der Waals surface area contributed by atoms with E-state index < -0.39 is 0 Å². The summed E-state index contributed by atoms with van der Waals surface area (Å²) < 4.78 is 10.4. The molecule has 0 aromatic rings. The molecule has 0 fully saturated rings. The van der Waals surface area contributed by atoms with Gasteiger partial charge in [0.15, 0.2) is 0 Å². The molecule has 0 aromatic carbocycles. The normalized spacial score (nSPS) is 16.2. The Morgan fingerprint density at radius 3 is 2.75 bits per heavy atom. The van der Waals surface area contributed by atoms with E-state index in [1.54, 1.807) is 12.2 Å². The Labute approximate surface area is 71.4 Å². The van der Waals surface area contributed by atoms with Gasteiger partial charge < -0.3 is 9.47 Å². The molecule has 12 heavy (non-hydrogen) atoms. The molecule has 1 N–H and O–H groups in total. The Morgan fingerprint density at radius 2 is 2.33 bits per heavy atom. The minimum atomic E-state index is 0.155. The molecular formula is C8H12N2O2. The maximum atomic E-state index is 6.67. The van der Waals surface area contributed by atoms with E-state index in [2.05, 4.69) is 5.11 Å². The highest BCUT2D eigenvalue weighted by molar-refractivity contribution is 5.14. The second kappa shape index (κ2) is 3.90. The summed E-state index contributed by atoms with van der Waals surface area (Å²) in [5.41, 5.74) is 6.67. The summed E-state index contributed by atoms with van der Waals surface area (Å²) in [4.78, 5) is 0. The lowest BCUT2D eigenvalue weighted by Crippen LogP contribution is -2.09. The van der Waals surface area contributed by atoms with Gasteiger partial charge in [0.25, 0.3) is 0 Å². The van der Waals surface area contributed by atoms with Crippen molar-refractivity contribution in [3.63, 3.8) is 0 Å². The maximum Gasteiger partial charge on any atom is 0.233 e. The molecule has 0 saturated carbocycles. The number of rotatable bonds is 3. The van der Waals surface area contributed by atoms with Crippen LogP contribution in [0.1, 0.15) is 13.8 Å². The molecule has 66 valence electrons. The van der Waals surface area contributed by atoms with Gasteiger partial charge in [-0.1, -0.05) is 0 Å². The van der Waals surface area contributed by atoms with Crippen LogP contribution in [0.4, 0.5) is 0 Å². The van der Waals surface area contributed by atoms with E-state index in [9.17, 15) is 0 Å². The summed E-state index contributed by atoms with van der Waals surface area (Å²) in [5, 5.41) is 3.15. The van der Waals surface area contributed by atoms with Crippen LogP contribution in [0.15, 0.2) is 28.9 Å². The summed E-state index contributed by atoms with van der Waals surface area (Å²) in [7, 11) is 0. The summed E-state index contributed by atoms with van der Waals surface area (Å²) >= 11 is 0. The van der Waals surface area contributed by atoms with Gasteiger partial charge in [-0.15, -0.1) is 5.11 Å². The molecule has 0 saturated heterocycles. The number of hydrogen-bond acceptors (Lipinski definition) is 4. The van der Waals surface area contributed by atoms with Crippen molar-refractivity contribution >= 4 is 0 Å². The highest BCUT2D eigenvalue weighted by Gasteiger charge is 2.07. The Morgan fingerprint density at radius 1 is 1.58 bits per heavy atom. The number of ether oxygens (including phenoxy) is 2. The lowest BCUT2D eigenvalue weighted by Gasteiger charge is -2.16. The molecule has 0 amide bonds. The lowest BCUT2D eigenvalue weighted by molar-refractivity contribution is 0.0938. The van der Waals surface area contributed by atoms with E-state index in [0.29, 0.717) is 12.5 Å². The van der Waals surface area contributed by atoms with Crippen molar-refractivity contribution in [2.45, 2.75) is 20.0 Å². The van der Waals surface area contributed by atoms with Crippen LogP contribution in [0.25, 0.3) is 0 Å². The summed E-state index contributed by atoms with van der Waals surface area (Å²) in [6.07, 6.45) is 3.55. The van der Waals surface area contributed by atoms with E-state index in [1.165, 1.54) is 0 Å². The first kappa shape index (κ1) is 8.77. The molecule has 0 bridgehead atoms. The third-order valence-corrected chi connectivity index (χ3v) is 1.27. The SMILES string of the molecule is CC(C)OC1=CC=C(N=N)OC1. The van der Waals surface area contributed by atoms with Gasteiger partial charge in [0.1, 0.15) is 12.4 Å². The summed E-state index contributed by atoms with van der Waals surface area (Å²) in [6, 6.07) is 0. The van der Waals surface area contributed by atoms with Crippen LogP contribution >= 0.6 is 0 Å². The molecular weight excluding hydrogens is 156 g/mol. The van der Waals surface area contributed by atoms with Crippen LogP contribution in [0, 0.1) is 5.53 Å². The van der Waals surface area contributed by atoms with Crippen molar-refractivity contribution < 1.29 is 9.47 Å². The Hall–Kier alpha value is -1.32. The van der Waals surface area contributed by atoms with E-state index in [1.807, 2.05) is 13.8 Å². The highest BCUT2D eigenvalue weighted by Crippen LogP contribution is 2.13. The van der Waals surface area contributed by atoms with Gasteiger partial charge in [-0.3, -0.25) is 0 Å². The zero-order valence-electron chi connectivity index (χ0n) is 7.20. The van der Waals surface area contributed by atoms with Crippen molar-refractivity contribution in [1.29, 1.82) is 5.53 Å². The molecule has 1 heterocycles. The molecule has 4 heteroatoms. The first-order valence-corrected chi connectivity index (χ1v) is 3.80. The molecule has 1 aliphatic heterocycles. The Balaban J connectivity index is 2.54. The second-order valence-corrected chi connectivity index (χ2v) is 2.70. The number of nitrogens with zero attached hydrogens (tertiary/aromatic N) is 1. The minimum absolute atomic E-state index is 0.155. The van der Waals surface area contributed by atoms with Crippen molar-refractivity contribution in [3.8, 4) is 0 Å². The predicted molar refractivity (Wildman–Crippen MR) is 43.5 cm³/mol. The zero-order chi connectivity index (χ0) is 8.97. The fraction of sp³-hybridized carbons (Fsp3) is 0.500. The Kier molecular flexibility index (Phi) is 2.85. The van der Waals surface area contributed by atoms with Crippen LogP contribution in [-0.4, -0.2) is 12.7 Å². The number of nitrogens with one attached hydrogen (secondary N) is 1. The highest BCUT2D eigenvalue weighted by atomic mass is 16.5. The van der Waals surface area contributed by atoms with Crippen LogP contribution in [0.2, 0.25) is 0 Å². The van der Waals surface area contributed by atoms with Crippen LogP contribution < -0.4 is 0 Å². The van der Waals surface area contributed by atoms with Crippen LogP contribution in [0.5, 0.6) is 0 Å². The molecule has 0 atom stereocenters. The van der Waals surface area contributed by atoms with Crippen LogP contribution in [-0.2, 0) is 9.47 Å². The number of allylic oxidation sites excluding steroid dienone is 2. The molecule has 0 unspecified atom stereocenters. The average Bonchev–Trinajstić information content (AvgIpc) is 2.05. The van der Waals surface area contributed by atoms with Crippen molar-refractivity contribution in [1.82, 2.24) is 0 Å². The topological polar surface area (TPSA) is 54.7 Å². The van der Waals surface area contributed by atoms with Crippen molar-refractivity contribution in [3.05, 3.63) is 23.8 Å². The zero-order valence-corrected chi connectivity index (χ0v) is 7.20. The fourth-order valence-electron chi connectivity index (χ4n) is 0.851. The third-order valence-electron chi connectivity index (χ3n) is 1.27. The molecule has 1 rings (SSSR count). The molecule has 4 nitrogen and oxygen atoms in total. The van der Waals surface area contributed by atoms with E-state index >= 15 is 0 Å². The standard InChI is InChI=1S/C8H12N2O2/c1-6(2)12-7-3-4-8(10-9)11-5-7/h3-4,6,9H,5H2,1-2H3. The smallest absolute Gasteiger partial charge is 0.233 e. The average molecular weight is 168 g/mol. The van der Waals surface area contributed by atoms with Gasteiger partial charge >= 0.3 is 0 Å². The predicted octanol–water partition coefficient (Wildman–Crippen LogP) is 2.20. The van der Waals surface area contributed by atoms with Gasteiger partial charge in [0, 0.05) is 6.08 Å². The third kappa shape index (κ3) is 2.38. The fourth-order valence-corrected chi connectivity index (χ4v) is 0.851. The van der Waals surface area contributed by atoms with Crippen molar-refractivity contribution in [2.24, 2.45) is 5.11 Å². The lowest BCUT2D eigenvalue weighted by atomic mass is 10.3. The first-order valence-electron chi connectivity index (χ1n) is 3.80. The molecule has 0 aliphatic carbocycles. The minimum Gasteiger partial charge on any atom is -0.492 e. The van der Waals surface area contributed by atoms with Gasteiger partial charge in [0.2, 0.25) is 5.88 Å². The van der Waals surface area contributed by atoms with Gasteiger partial charge in [0.05, 0.1) is 6.10 Å². The maximum absolute atomic E-state index is 6.67. The van der Waals surface area contributed by atoms with E-state index in [4.69, 9.17) is 15.0 Å². The molecule has 0 aromatic heterocycles. The Bertz CT molecular complexity index is 231. The molecule has 0 spiro atoms. The van der Waals surface area contributed by atoms with Gasteiger partial charge in [-0.25, -0.2) is 5.53 Å². The van der Waals surface area contributed by atoms with E-state index in [0.717, 1.165) is 5.76 Å². The van der Waals surface area contributed by atoms with E-state index in [-0.39, 0.29) is 6.10 Å².